The highest BCUT2D eigenvalue weighted by atomic mass is 79.9. The molecule has 0 aromatic carbocycles. The third-order valence-corrected chi connectivity index (χ3v) is 5.26. The second-order valence-corrected chi connectivity index (χ2v) is 7.34. The first-order valence-electron chi connectivity index (χ1n) is 8.82. The van der Waals surface area contributed by atoms with Crippen LogP contribution < -0.4 is 5.73 Å². The predicted octanol–water partition coefficient (Wildman–Crippen LogP) is 2.70. The third-order valence-electron chi connectivity index (χ3n) is 4.82. The molecule has 9 heteroatoms. The Morgan fingerprint density at radius 3 is 3.04 bits per heavy atom. The number of hydrogen-bond donors (Lipinski definition) is 1. The van der Waals surface area contributed by atoms with Crippen LogP contribution >= 0.6 is 15.9 Å². The van der Waals surface area contributed by atoms with E-state index in [2.05, 4.69) is 42.7 Å². The Morgan fingerprint density at radius 2 is 2.22 bits per heavy atom. The summed E-state index contributed by atoms with van der Waals surface area (Å²) < 4.78 is 23.0. The van der Waals surface area contributed by atoms with Crippen molar-refractivity contribution in [2.45, 2.75) is 19.6 Å². The summed E-state index contributed by atoms with van der Waals surface area (Å²) in [6, 6.07) is 1.86. The van der Waals surface area contributed by atoms with Crippen molar-refractivity contribution in [1.82, 2.24) is 24.4 Å². The minimum atomic E-state index is -0.512. The van der Waals surface area contributed by atoms with E-state index in [-0.39, 0.29) is 17.7 Å². The fourth-order valence-corrected chi connectivity index (χ4v) is 3.80. The molecule has 142 valence electrons. The lowest BCUT2D eigenvalue weighted by Gasteiger charge is -2.32. The molecule has 0 amide bonds. The molecule has 4 rings (SSSR count). The van der Waals surface area contributed by atoms with Crippen molar-refractivity contribution in [1.29, 1.82) is 0 Å². The van der Waals surface area contributed by atoms with Gasteiger partial charge in [0.05, 0.1) is 37.2 Å². The summed E-state index contributed by atoms with van der Waals surface area (Å²) in [6.45, 7) is 6.32. The number of hydrogen-bond acceptors (Lipinski definition) is 6. The molecule has 7 nitrogen and oxygen atoms in total. The summed E-state index contributed by atoms with van der Waals surface area (Å²) in [5.74, 6) is -0.475. The van der Waals surface area contributed by atoms with E-state index in [1.165, 1.54) is 0 Å². The molecule has 1 aliphatic heterocycles. The van der Waals surface area contributed by atoms with E-state index in [0.29, 0.717) is 23.3 Å². The Bertz CT molecular complexity index is 978. The SMILES string of the molecule is CCN1CCOC(Cn2cc(-c3nc(N)ncc3F)c3cc(Br)ncc32)C1. The first-order chi connectivity index (χ1) is 13.0. The van der Waals surface area contributed by atoms with Crippen LogP contribution in [0.15, 0.2) is 29.3 Å². The molecule has 0 aliphatic carbocycles. The van der Waals surface area contributed by atoms with Crippen LogP contribution in [0.1, 0.15) is 6.92 Å². The molecule has 1 unspecified atom stereocenters. The molecule has 0 bridgehead atoms. The molecule has 0 radical (unpaired) electrons. The van der Waals surface area contributed by atoms with Gasteiger partial charge in [-0.1, -0.05) is 6.92 Å². The molecular formula is C18H20BrFN6O. The molecular weight excluding hydrogens is 415 g/mol. The van der Waals surface area contributed by atoms with Gasteiger partial charge < -0.3 is 15.0 Å². The van der Waals surface area contributed by atoms with Crippen LogP contribution in [0, 0.1) is 5.82 Å². The molecule has 4 heterocycles. The van der Waals surface area contributed by atoms with E-state index in [1.807, 2.05) is 16.8 Å². The number of ether oxygens (including phenoxy) is 1. The van der Waals surface area contributed by atoms with Gasteiger partial charge in [-0.2, -0.15) is 0 Å². The van der Waals surface area contributed by atoms with Gasteiger partial charge in [-0.05, 0) is 28.5 Å². The molecule has 1 atom stereocenters. The largest absolute Gasteiger partial charge is 0.374 e. The summed E-state index contributed by atoms with van der Waals surface area (Å²) in [5.41, 5.74) is 7.41. The van der Waals surface area contributed by atoms with E-state index >= 15 is 0 Å². The van der Waals surface area contributed by atoms with E-state index in [1.54, 1.807) is 6.20 Å². The summed E-state index contributed by atoms with van der Waals surface area (Å²) in [7, 11) is 0. The number of pyridine rings is 1. The summed E-state index contributed by atoms with van der Waals surface area (Å²) in [6.07, 6.45) is 4.82. The second kappa shape index (κ2) is 7.49. The Labute approximate surface area is 164 Å². The normalized spacial score (nSPS) is 18.3. The van der Waals surface area contributed by atoms with Crippen molar-refractivity contribution in [3.63, 3.8) is 0 Å². The van der Waals surface area contributed by atoms with Crippen molar-refractivity contribution in [3.05, 3.63) is 35.1 Å². The Morgan fingerprint density at radius 1 is 1.37 bits per heavy atom. The van der Waals surface area contributed by atoms with Crippen LogP contribution in [-0.4, -0.2) is 56.8 Å². The van der Waals surface area contributed by atoms with Gasteiger partial charge in [-0.15, -0.1) is 0 Å². The lowest BCUT2D eigenvalue weighted by Crippen LogP contribution is -2.43. The molecule has 0 spiro atoms. The summed E-state index contributed by atoms with van der Waals surface area (Å²) in [5, 5.41) is 0.844. The van der Waals surface area contributed by atoms with Gasteiger partial charge >= 0.3 is 0 Å². The third kappa shape index (κ3) is 3.67. The number of nitrogens with two attached hydrogens (primary N) is 1. The number of aromatic nitrogens is 4. The number of rotatable bonds is 4. The van der Waals surface area contributed by atoms with Crippen molar-refractivity contribution in [2.24, 2.45) is 0 Å². The monoisotopic (exact) mass is 434 g/mol. The topological polar surface area (TPSA) is 82.1 Å². The zero-order valence-corrected chi connectivity index (χ0v) is 16.5. The fourth-order valence-electron chi connectivity index (χ4n) is 3.47. The molecule has 27 heavy (non-hydrogen) atoms. The van der Waals surface area contributed by atoms with Gasteiger partial charge in [0.1, 0.15) is 10.3 Å². The maximum absolute atomic E-state index is 14.4. The van der Waals surface area contributed by atoms with Crippen LogP contribution in [0.2, 0.25) is 0 Å². The Hall–Kier alpha value is -2.10. The average Bonchev–Trinajstić information content (AvgIpc) is 3.01. The molecule has 1 aliphatic rings. The van der Waals surface area contributed by atoms with Gasteiger partial charge in [-0.3, -0.25) is 4.90 Å². The van der Waals surface area contributed by atoms with E-state index in [9.17, 15) is 4.39 Å². The van der Waals surface area contributed by atoms with Crippen molar-refractivity contribution in [3.8, 4) is 11.3 Å². The van der Waals surface area contributed by atoms with E-state index in [0.717, 1.165) is 36.7 Å². The average molecular weight is 435 g/mol. The van der Waals surface area contributed by atoms with Gasteiger partial charge in [-0.25, -0.2) is 19.3 Å². The maximum atomic E-state index is 14.4. The summed E-state index contributed by atoms with van der Waals surface area (Å²) >= 11 is 3.39. The van der Waals surface area contributed by atoms with Crippen LogP contribution in [0.3, 0.4) is 0 Å². The first-order valence-corrected chi connectivity index (χ1v) is 9.61. The van der Waals surface area contributed by atoms with Crippen molar-refractivity contribution in [2.75, 3.05) is 32.0 Å². The first kappa shape index (κ1) is 18.3. The quantitative estimate of drug-likeness (QED) is 0.635. The zero-order valence-electron chi connectivity index (χ0n) is 14.9. The number of nitrogen functional groups attached to an aromatic ring is 1. The zero-order chi connectivity index (χ0) is 19.0. The molecule has 3 aromatic rings. The fraction of sp³-hybridized carbons (Fsp3) is 0.389. The van der Waals surface area contributed by atoms with Crippen LogP contribution in [-0.2, 0) is 11.3 Å². The van der Waals surface area contributed by atoms with Crippen LogP contribution in [0.5, 0.6) is 0 Å². The summed E-state index contributed by atoms with van der Waals surface area (Å²) in [4.78, 5) is 14.5. The standard InChI is InChI=1S/C18H20BrFN6O/c1-2-25-3-4-27-11(8-25)9-26-10-13(12-5-16(19)22-7-15(12)26)17-14(20)6-23-18(21)24-17/h5-7,10-11H,2-4,8-9H2,1H3,(H2,21,23,24). The molecule has 2 N–H and O–H groups in total. The van der Waals surface area contributed by atoms with E-state index < -0.39 is 5.82 Å². The minimum absolute atomic E-state index is 0.0367. The van der Waals surface area contributed by atoms with Crippen molar-refractivity contribution < 1.29 is 9.13 Å². The van der Waals surface area contributed by atoms with E-state index in [4.69, 9.17) is 10.5 Å². The Balaban J connectivity index is 1.77. The lowest BCUT2D eigenvalue weighted by atomic mass is 10.1. The highest BCUT2D eigenvalue weighted by Gasteiger charge is 2.22. The molecule has 1 fully saturated rings. The van der Waals surface area contributed by atoms with Crippen molar-refractivity contribution >= 4 is 32.8 Å². The maximum Gasteiger partial charge on any atom is 0.220 e. The number of anilines is 1. The van der Waals surface area contributed by atoms with Gasteiger partial charge in [0.15, 0.2) is 5.82 Å². The van der Waals surface area contributed by atoms with Gasteiger partial charge in [0.2, 0.25) is 5.95 Å². The van der Waals surface area contributed by atoms with Crippen LogP contribution in [0.4, 0.5) is 10.3 Å². The number of fused-ring (bicyclic) bond motifs is 1. The molecule has 0 saturated carbocycles. The number of nitrogens with zero attached hydrogens (tertiary/aromatic N) is 5. The number of morpholine rings is 1. The molecule has 1 saturated heterocycles. The smallest absolute Gasteiger partial charge is 0.220 e. The Kier molecular flexibility index (Phi) is 5.07. The minimum Gasteiger partial charge on any atom is -0.374 e. The highest BCUT2D eigenvalue weighted by Crippen LogP contribution is 2.32. The highest BCUT2D eigenvalue weighted by molar-refractivity contribution is 9.10. The lowest BCUT2D eigenvalue weighted by molar-refractivity contribution is -0.0337. The second-order valence-electron chi connectivity index (χ2n) is 6.53. The molecule has 3 aromatic heterocycles. The predicted molar refractivity (Wildman–Crippen MR) is 105 cm³/mol. The van der Waals surface area contributed by atoms with Gasteiger partial charge in [0.25, 0.3) is 0 Å². The van der Waals surface area contributed by atoms with Gasteiger partial charge in [0, 0.05) is 30.2 Å². The number of likely N-dealkylation sites (N-methyl/N-ethyl adjacent to an activating group) is 1. The van der Waals surface area contributed by atoms with Crippen LogP contribution in [0.25, 0.3) is 22.2 Å². The number of halogens is 2.